The van der Waals surface area contributed by atoms with Crippen molar-refractivity contribution in [2.24, 2.45) is 5.73 Å². The molecule has 0 amide bonds. The first kappa shape index (κ1) is 17.8. The monoisotopic (exact) mass is 301 g/mol. The van der Waals surface area contributed by atoms with Gasteiger partial charge in [0, 0.05) is 17.0 Å². The van der Waals surface area contributed by atoms with Gasteiger partial charge in [-0.2, -0.15) is 11.8 Å². The highest BCUT2D eigenvalue weighted by Gasteiger charge is 2.18. The summed E-state index contributed by atoms with van der Waals surface area (Å²) < 4.78 is 4.69. The Morgan fingerprint density at radius 1 is 1.05 bits per heavy atom. The molecule has 118 valence electrons. The fourth-order valence-electron chi connectivity index (χ4n) is 2.79. The molecule has 0 aromatic rings. The van der Waals surface area contributed by atoms with Crippen LogP contribution in [0, 0.1) is 0 Å². The van der Waals surface area contributed by atoms with Gasteiger partial charge in [-0.3, -0.25) is 4.79 Å². The molecule has 0 aromatic heterocycles. The Labute approximate surface area is 128 Å². The highest BCUT2D eigenvalue weighted by molar-refractivity contribution is 7.99. The van der Waals surface area contributed by atoms with Crippen LogP contribution in [0.15, 0.2) is 0 Å². The van der Waals surface area contributed by atoms with Crippen LogP contribution < -0.4 is 5.73 Å². The number of methoxy groups -OCH3 is 1. The summed E-state index contributed by atoms with van der Waals surface area (Å²) in [5, 5.41) is 0.513. The maximum absolute atomic E-state index is 11.2. The molecule has 2 unspecified atom stereocenters. The van der Waals surface area contributed by atoms with E-state index in [-0.39, 0.29) is 12.0 Å². The van der Waals surface area contributed by atoms with Crippen LogP contribution in [0.1, 0.15) is 70.6 Å². The highest BCUT2D eigenvalue weighted by atomic mass is 32.2. The van der Waals surface area contributed by atoms with E-state index in [1.165, 1.54) is 64.9 Å². The van der Waals surface area contributed by atoms with E-state index in [4.69, 9.17) is 10.5 Å². The predicted octanol–water partition coefficient (Wildman–Crippen LogP) is 3.89. The number of ether oxygens (including phenoxy) is 1. The number of carbonyl (C=O) groups excluding carboxylic acids is 1. The minimum atomic E-state index is -0.112. The van der Waals surface area contributed by atoms with Gasteiger partial charge in [0.15, 0.2) is 0 Å². The standard InChI is InChI=1S/C16H31NO2S/c1-19-16(18)12-13-20-15-11-9-7-5-3-2-4-6-8-10-14(15)17/h14-15H,2-13,17H2,1H3. The van der Waals surface area contributed by atoms with Crippen molar-refractivity contribution in [2.45, 2.75) is 81.9 Å². The van der Waals surface area contributed by atoms with E-state index in [1.54, 1.807) is 0 Å². The van der Waals surface area contributed by atoms with E-state index < -0.39 is 0 Å². The van der Waals surface area contributed by atoms with Gasteiger partial charge in [-0.15, -0.1) is 0 Å². The van der Waals surface area contributed by atoms with Gasteiger partial charge in [-0.05, 0) is 12.8 Å². The molecule has 1 aliphatic carbocycles. The Morgan fingerprint density at radius 3 is 2.20 bits per heavy atom. The van der Waals surface area contributed by atoms with Crippen LogP contribution in [0.2, 0.25) is 0 Å². The van der Waals surface area contributed by atoms with Crippen LogP contribution in [0.5, 0.6) is 0 Å². The molecule has 1 rings (SSSR count). The number of hydrogen-bond acceptors (Lipinski definition) is 4. The van der Waals surface area contributed by atoms with Gasteiger partial charge in [0.2, 0.25) is 0 Å². The van der Waals surface area contributed by atoms with E-state index >= 15 is 0 Å². The number of carbonyl (C=O) groups is 1. The van der Waals surface area contributed by atoms with Crippen molar-refractivity contribution in [3.05, 3.63) is 0 Å². The maximum Gasteiger partial charge on any atom is 0.306 e. The molecular weight excluding hydrogens is 270 g/mol. The first-order chi connectivity index (χ1) is 9.74. The van der Waals surface area contributed by atoms with Gasteiger partial charge < -0.3 is 10.5 Å². The van der Waals surface area contributed by atoms with Crippen LogP contribution in [0.4, 0.5) is 0 Å². The second-order valence-corrected chi connectivity index (χ2v) is 7.15. The van der Waals surface area contributed by atoms with Crippen molar-refractivity contribution < 1.29 is 9.53 Å². The van der Waals surface area contributed by atoms with E-state index in [0.717, 1.165) is 12.2 Å². The van der Waals surface area contributed by atoms with Crippen LogP contribution >= 0.6 is 11.8 Å². The first-order valence-electron chi connectivity index (χ1n) is 8.18. The van der Waals surface area contributed by atoms with Gasteiger partial charge in [0.25, 0.3) is 0 Å². The molecular formula is C16H31NO2S. The molecule has 1 saturated carbocycles. The maximum atomic E-state index is 11.2. The second kappa shape index (κ2) is 11.4. The van der Waals surface area contributed by atoms with E-state index in [9.17, 15) is 4.79 Å². The van der Waals surface area contributed by atoms with Gasteiger partial charge in [0.05, 0.1) is 13.5 Å². The molecule has 0 aliphatic heterocycles. The zero-order chi connectivity index (χ0) is 14.6. The van der Waals surface area contributed by atoms with Crippen LogP contribution in [0.3, 0.4) is 0 Å². The van der Waals surface area contributed by atoms with E-state index in [1.807, 2.05) is 11.8 Å². The molecule has 0 saturated heterocycles. The number of thioether (sulfide) groups is 1. The van der Waals surface area contributed by atoms with Gasteiger partial charge in [-0.25, -0.2) is 0 Å². The average molecular weight is 301 g/mol. The SMILES string of the molecule is COC(=O)CCSC1CCCCCCCCCCC1N. The third-order valence-corrected chi connectivity index (χ3v) is 5.57. The van der Waals surface area contributed by atoms with Crippen molar-refractivity contribution in [1.82, 2.24) is 0 Å². The van der Waals surface area contributed by atoms with Crippen LogP contribution in [0.25, 0.3) is 0 Å². The Balaban J connectivity index is 2.34. The summed E-state index contributed by atoms with van der Waals surface area (Å²) in [6, 6.07) is 0.289. The quantitative estimate of drug-likeness (QED) is 0.800. The van der Waals surface area contributed by atoms with Crippen molar-refractivity contribution in [3.8, 4) is 0 Å². The largest absolute Gasteiger partial charge is 0.469 e. The Hall–Kier alpha value is -0.220. The lowest BCUT2D eigenvalue weighted by atomic mass is 9.98. The Kier molecular flexibility index (Phi) is 10.2. The van der Waals surface area contributed by atoms with Crippen LogP contribution in [-0.4, -0.2) is 30.1 Å². The normalized spacial score (nSPS) is 26.3. The number of nitrogens with two attached hydrogens (primary N) is 1. The van der Waals surface area contributed by atoms with Crippen molar-refractivity contribution in [1.29, 1.82) is 0 Å². The topological polar surface area (TPSA) is 52.3 Å². The summed E-state index contributed by atoms with van der Waals surface area (Å²) in [5.41, 5.74) is 6.37. The molecule has 0 heterocycles. The average Bonchev–Trinajstić information content (AvgIpc) is 2.45. The molecule has 4 heteroatoms. The Morgan fingerprint density at radius 2 is 1.60 bits per heavy atom. The second-order valence-electron chi connectivity index (χ2n) is 5.81. The molecule has 2 N–H and O–H groups in total. The number of rotatable bonds is 4. The minimum Gasteiger partial charge on any atom is -0.469 e. The molecule has 1 aliphatic rings. The summed E-state index contributed by atoms with van der Waals surface area (Å²) in [4.78, 5) is 11.2. The smallest absolute Gasteiger partial charge is 0.306 e. The zero-order valence-electron chi connectivity index (χ0n) is 12.9. The molecule has 3 nitrogen and oxygen atoms in total. The van der Waals surface area contributed by atoms with Crippen LogP contribution in [-0.2, 0) is 9.53 Å². The van der Waals surface area contributed by atoms with E-state index in [0.29, 0.717) is 11.7 Å². The number of hydrogen-bond donors (Lipinski definition) is 1. The minimum absolute atomic E-state index is 0.112. The summed E-state index contributed by atoms with van der Waals surface area (Å²) >= 11 is 1.87. The molecule has 20 heavy (non-hydrogen) atoms. The van der Waals surface area contributed by atoms with Crippen molar-refractivity contribution >= 4 is 17.7 Å². The third-order valence-electron chi connectivity index (χ3n) is 4.12. The van der Waals surface area contributed by atoms with Gasteiger partial charge in [0.1, 0.15) is 0 Å². The van der Waals surface area contributed by atoms with E-state index in [2.05, 4.69) is 0 Å². The van der Waals surface area contributed by atoms with Gasteiger partial charge in [-0.1, -0.05) is 51.4 Å². The molecule has 0 radical (unpaired) electrons. The molecule has 2 atom stereocenters. The fraction of sp³-hybridized carbons (Fsp3) is 0.938. The lowest BCUT2D eigenvalue weighted by Crippen LogP contribution is -2.33. The summed E-state index contributed by atoms with van der Waals surface area (Å²) in [6.45, 7) is 0. The fourth-order valence-corrected chi connectivity index (χ4v) is 4.09. The lowest BCUT2D eigenvalue weighted by molar-refractivity contribution is -0.140. The summed E-state index contributed by atoms with van der Waals surface area (Å²) in [6.07, 6.45) is 13.6. The summed E-state index contributed by atoms with van der Waals surface area (Å²) in [7, 11) is 1.45. The third kappa shape index (κ3) is 8.15. The lowest BCUT2D eigenvalue weighted by Gasteiger charge is -2.24. The molecule has 0 spiro atoms. The predicted molar refractivity (Wildman–Crippen MR) is 87.0 cm³/mol. The Bertz CT molecular complexity index is 261. The molecule has 1 fully saturated rings. The molecule has 0 bridgehead atoms. The summed E-state index contributed by atoms with van der Waals surface area (Å²) in [5.74, 6) is 0.727. The van der Waals surface area contributed by atoms with Crippen molar-refractivity contribution in [3.63, 3.8) is 0 Å². The van der Waals surface area contributed by atoms with Crippen molar-refractivity contribution in [2.75, 3.05) is 12.9 Å². The highest BCUT2D eigenvalue weighted by Crippen LogP contribution is 2.25. The van der Waals surface area contributed by atoms with Gasteiger partial charge >= 0.3 is 5.97 Å². The number of esters is 1. The zero-order valence-corrected chi connectivity index (χ0v) is 13.8. The molecule has 0 aromatic carbocycles. The first-order valence-corrected chi connectivity index (χ1v) is 9.23.